The number of benzene rings is 2. The summed E-state index contributed by atoms with van der Waals surface area (Å²) in [5.74, 6) is -1.70. The monoisotopic (exact) mass is 672 g/mol. The van der Waals surface area contributed by atoms with Gasteiger partial charge >= 0.3 is 18.3 Å². The number of thiocarbonyl (C=S) groups is 1. The number of carbonyl (C=O) groups excluding carboxylic acids is 3. The molecule has 2 aromatic carbocycles. The number of nitrogens with one attached hydrogen (secondary N) is 1. The molecule has 15 heteroatoms. The van der Waals surface area contributed by atoms with Crippen molar-refractivity contribution >= 4 is 69.2 Å². The number of rotatable bonds is 6. The lowest BCUT2D eigenvalue weighted by molar-refractivity contribution is -0.143. The largest absolute Gasteiger partial charge is 0.456 e. The summed E-state index contributed by atoms with van der Waals surface area (Å²) in [6, 6.07) is 8.62. The normalized spacial score (nSPS) is 15.2. The number of esters is 1. The zero-order valence-electron chi connectivity index (χ0n) is 23.1. The van der Waals surface area contributed by atoms with Crippen molar-refractivity contribution in [3.8, 4) is 11.1 Å². The van der Waals surface area contributed by atoms with Crippen LogP contribution in [0.2, 0.25) is 0 Å². The third-order valence-corrected chi connectivity index (χ3v) is 8.05. The molecule has 4 rings (SSSR count). The number of nitrogens with zero attached hydrogens (tertiary/aromatic N) is 1. The maximum atomic E-state index is 13.3. The van der Waals surface area contributed by atoms with Crippen LogP contribution in [0.25, 0.3) is 17.2 Å². The van der Waals surface area contributed by atoms with Crippen molar-refractivity contribution < 1.29 is 45.5 Å². The number of halogens is 6. The van der Waals surface area contributed by atoms with Gasteiger partial charge in [-0.1, -0.05) is 24.0 Å². The average molecular weight is 673 g/mol. The van der Waals surface area contributed by atoms with Gasteiger partial charge in [0.25, 0.3) is 5.91 Å². The molecule has 2 amide bonds. The first kappa shape index (κ1) is 33.2. The van der Waals surface area contributed by atoms with E-state index in [-0.39, 0.29) is 32.0 Å². The van der Waals surface area contributed by atoms with Gasteiger partial charge in [0.05, 0.1) is 21.6 Å². The summed E-state index contributed by atoms with van der Waals surface area (Å²) in [6.07, 6.45) is -8.57. The van der Waals surface area contributed by atoms with Gasteiger partial charge in [-0.3, -0.25) is 14.5 Å². The van der Waals surface area contributed by atoms with Crippen molar-refractivity contribution in [2.24, 2.45) is 0 Å². The molecule has 0 atom stereocenters. The number of hydrogen-bond donors (Lipinski definition) is 1. The molecule has 0 aliphatic carbocycles. The lowest BCUT2D eigenvalue weighted by Gasteiger charge is -2.19. The number of ether oxygens (including phenoxy) is 1. The number of anilines is 1. The SMILES string of the molecule is CC(C)(C)OC(=O)c1ccc(NC(=O)CN2C(=O)/C(=C/c3cc(-c4cc(C(F)(F)F)cc(C(F)(F)F)c4)cs3)SC2=S)cc1. The first-order valence-corrected chi connectivity index (χ1v) is 14.7. The Labute approximate surface area is 261 Å². The Morgan fingerprint density at radius 2 is 1.52 bits per heavy atom. The minimum absolute atomic E-state index is 0.0529. The molecule has 0 spiro atoms. The first-order chi connectivity index (χ1) is 20.3. The molecule has 1 N–H and O–H groups in total. The minimum Gasteiger partial charge on any atom is -0.456 e. The molecule has 1 saturated heterocycles. The lowest BCUT2D eigenvalue weighted by atomic mass is 10.0. The summed E-state index contributed by atoms with van der Waals surface area (Å²) in [7, 11) is 0. The van der Waals surface area contributed by atoms with E-state index in [1.54, 1.807) is 20.8 Å². The molecule has 1 aliphatic rings. The van der Waals surface area contributed by atoms with Gasteiger partial charge in [0.1, 0.15) is 16.5 Å². The van der Waals surface area contributed by atoms with Crippen LogP contribution >= 0.6 is 35.3 Å². The van der Waals surface area contributed by atoms with Gasteiger partial charge < -0.3 is 10.1 Å². The Bertz CT molecular complexity index is 1620. The predicted octanol–water partition coefficient (Wildman–Crippen LogP) is 8.25. The Morgan fingerprint density at radius 3 is 2.07 bits per heavy atom. The molecule has 1 aromatic heterocycles. The zero-order valence-corrected chi connectivity index (χ0v) is 25.5. The van der Waals surface area contributed by atoms with Crippen LogP contribution in [-0.2, 0) is 26.7 Å². The third-order valence-electron chi connectivity index (χ3n) is 5.79. The van der Waals surface area contributed by atoms with Gasteiger partial charge in [-0.05, 0) is 91.9 Å². The van der Waals surface area contributed by atoms with Crippen molar-refractivity contribution in [1.29, 1.82) is 0 Å². The Hall–Kier alpha value is -3.69. The van der Waals surface area contributed by atoms with Gasteiger partial charge in [-0.2, -0.15) is 26.3 Å². The third kappa shape index (κ3) is 8.27. The summed E-state index contributed by atoms with van der Waals surface area (Å²) in [4.78, 5) is 39.4. The van der Waals surface area contributed by atoms with Crippen LogP contribution in [0.15, 0.2) is 58.8 Å². The molecular weight excluding hydrogens is 651 g/mol. The summed E-state index contributed by atoms with van der Waals surface area (Å²) in [5.41, 5.74) is -3.09. The molecule has 0 bridgehead atoms. The Kier molecular flexibility index (Phi) is 9.33. The fourth-order valence-corrected chi connectivity index (χ4v) is 6.01. The number of carbonyl (C=O) groups is 3. The van der Waals surface area contributed by atoms with Crippen LogP contribution in [0, 0.1) is 0 Å². The van der Waals surface area contributed by atoms with Crippen LogP contribution in [0.1, 0.15) is 47.1 Å². The second-order valence-electron chi connectivity index (χ2n) is 10.4. The molecule has 0 radical (unpaired) electrons. The van der Waals surface area contributed by atoms with Crippen LogP contribution in [0.3, 0.4) is 0 Å². The molecule has 1 fully saturated rings. The molecular formula is C29H22F6N2O4S3. The topological polar surface area (TPSA) is 75.7 Å². The second-order valence-corrected chi connectivity index (χ2v) is 13.0. The molecule has 232 valence electrons. The van der Waals surface area contributed by atoms with E-state index < -0.39 is 53.4 Å². The van der Waals surface area contributed by atoms with Gasteiger partial charge in [-0.15, -0.1) is 11.3 Å². The fraction of sp³-hybridized carbons (Fsp3) is 0.241. The van der Waals surface area contributed by atoms with Crippen molar-refractivity contribution in [2.75, 3.05) is 11.9 Å². The van der Waals surface area contributed by atoms with E-state index in [4.69, 9.17) is 17.0 Å². The van der Waals surface area contributed by atoms with Crippen molar-refractivity contribution in [3.05, 3.63) is 80.4 Å². The van der Waals surface area contributed by atoms with Gasteiger partial charge in [0.2, 0.25) is 5.91 Å². The Morgan fingerprint density at radius 1 is 0.932 bits per heavy atom. The highest BCUT2D eigenvalue weighted by Gasteiger charge is 2.37. The van der Waals surface area contributed by atoms with Crippen LogP contribution in [-0.4, -0.2) is 39.1 Å². The van der Waals surface area contributed by atoms with E-state index in [9.17, 15) is 40.7 Å². The molecule has 0 saturated carbocycles. The molecule has 2 heterocycles. The summed E-state index contributed by atoms with van der Waals surface area (Å²) < 4.78 is 85.0. The maximum absolute atomic E-state index is 13.3. The van der Waals surface area contributed by atoms with E-state index in [0.717, 1.165) is 28.0 Å². The number of hydrogen-bond acceptors (Lipinski definition) is 7. The van der Waals surface area contributed by atoms with Crippen LogP contribution in [0.5, 0.6) is 0 Å². The van der Waals surface area contributed by atoms with E-state index in [1.165, 1.54) is 41.8 Å². The number of alkyl halides is 6. The molecule has 6 nitrogen and oxygen atoms in total. The maximum Gasteiger partial charge on any atom is 0.416 e. The van der Waals surface area contributed by atoms with Crippen LogP contribution in [0.4, 0.5) is 32.0 Å². The van der Waals surface area contributed by atoms with E-state index in [0.29, 0.717) is 22.7 Å². The second kappa shape index (κ2) is 12.4. The predicted molar refractivity (Wildman–Crippen MR) is 160 cm³/mol. The van der Waals surface area contributed by atoms with Gasteiger partial charge in [-0.25, -0.2) is 4.79 Å². The van der Waals surface area contributed by atoms with E-state index >= 15 is 0 Å². The molecule has 44 heavy (non-hydrogen) atoms. The quantitative estimate of drug-likeness (QED) is 0.123. The Balaban J connectivity index is 1.45. The van der Waals surface area contributed by atoms with Gasteiger partial charge in [0.15, 0.2) is 0 Å². The minimum atomic E-state index is -4.99. The summed E-state index contributed by atoms with van der Waals surface area (Å²) >= 11 is 7.15. The fourth-order valence-electron chi connectivity index (χ4n) is 3.84. The highest BCUT2D eigenvalue weighted by Crippen LogP contribution is 2.40. The smallest absolute Gasteiger partial charge is 0.416 e. The van der Waals surface area contributed by atoms with Crippen molar-refractivity contribution in [2.45, 2.75) is 38.7 Å². The summed E-state index contributed by atoms with van der Waals surface area (Å²) in [5, 5.41) is 3.99. The van der Waals surface area contributed by atoms with Crippen LogP contribution < -0.4 is 5.32 Å². The lowest BCUT2D eigenvalue weighted by Crippen LogP contribution is -2.36. The van der Waals surface area contributed by atoms with E-state index in [2.05, 4.69) is 5.32 Å². The highest BCUT2D eigenvalue weighted by atomic mass is 32.2. The standard InChI is InChI=1S/C29H22F6N2O4S3/c1-27(2,3)41-25(40)15-4-6-20(7-5-15)36-23(38)13-37-24(39)22(44-26(37)42)12-21-10-17(14-43-21)16-8-18(28(30,31)32)11-19(9-16)29(33,34)35/h4-12,14H,13H2,1-3H3,(H,36,38)/b22-12-. The number of thiophene rings is 1. The zero-order chi connectivity index (χ0) is 32.6. The van der Waals surface area contributed by atoms with Crippen molar-refractivity contribution in [1.82, 2.24) is 4.90 Å². The van der Waals surface area contributed by atoms with E-state index in [1.807, 2.05) is 0 Å². The summed E-state index contributed by atoms with van der Waals surface area (Å²) in [6.45, 7) is 4.78. The molecule has 3 aromatic rings. The first-order valence-electron chi connectivity index (χ1n) is 12.6. The number of amides is 2. The average Bonchev–Trinajstić information content (AvgIpc) is 3.47. The molecule has 0 unspecified atom stereocenters. The van der Waals surface area contributed by atoms with Gasteiger partial charge in [0, 0.05) is 10.6 Å². The molecule has 1 aliphatic heterocycles. The number of thioether (sulfide) groups is 1. The highest BCUT2D eigenvalue weighted by molar-refractivity contribution is 8.26. The van der Waals surface area contributed by atoms with Crippen molar-refractivity contribution in [3.63, 3.8) is 0 Å².